The molecule has 7 heteroatoms. The van der Waals surface area contributed by atoms with Crippen LogP contribution in [0.3, 0.4) is 0 Å². The van der Waals surface area contributed by atoms with Crippen molar-refractivity contribution in [3.63, 3.8) is 0 Å². The van der Waals surface area contributed by atoms with Crippen molar-refractivity contribution in [2.24, 2.45) is 5.92 Å². The Bertz CT molecular complexity index is 495. The fraction of sp³-hybridized carbons (Fsp3) is 0.769. The van der Waals surface area contributed by atoms with Gasteiger partial charge in [-0.25, -0.2) is 4.98 Å². The highest BCUT2D eigenvalue weighted by Crippen LogP contribution is 2.32. The lowest BCUT2D eigenvalue weighted by atomic mass is 10.1. The highest BCUT2D eigenvalue weighted by Gasteiger charge is 2.39. The second-order valence-corrected chi connectivity index (χ2v) is 5.78. The van der Waals surface area contributed by atoms with E-state index in [1.54, 1.807) is 0 Å². The normalized spacial score (nSPS) is 24.1. The number of fused-ring (bicyclic) bond motifs is 1. The molecule has 1 saturated heterocycles. The minimum Gasteiger partial charge on any atom is -0.324 e. The van der Waals surface area contributed by atoms with Crippen LogP contribution in [-0.4, -0.2) is 41.1 Å². The second-order valence-electron chi connectivity index (χ2n) is 5.78. The summed E-state index contributed by atoms with van der Waals surface area (Å²) in [4.78, 5) is 6.01. The van der Waals surface area contributed by atoms with Crippen molar-refractivity contribution >= 4 is 0 Å². The maximum Gasteiger partial charge on any atom is 0.449 e. The van der Waals surface area contributed by atoms with Gasteiger partial charge in [0, 0.05) is 38.3 Å². The van der Waals surface area contributed by atoms with Crippen molar-refractivity contribution < 1.29 is 13.2 Å². The minimum absolute atomic E-state index is 0.286. The van der Waals surface area contributed by atoms with Crippen LogP contribution in [0.2, 0.25) is 0 Å². The number of hydrogen-bond acceptors (Lipinski definition) is 3. The zero-order chi connectivity index (χ0) is 14.3. The van der Waals surface area contributed by atoms with Gasteiger partial charge in [-0.1, -0.05) is 0 Å². The highest BCUT2D eigenvalue weighted by molar-refractivity contribution is 5.21. The van der Waals surface area contributed by atoms with E-state index in [1.807, 2.05) is 7.05 Å². The summed E-state index contributed by atoms with van der Waals surface area (Å²) in [6.45, 7) is 3.42. The van der Waals surface area contributed by atoms with Gasteiger partial charge in [0.05, 0.1) is 5.69 Å². The fourth-order valence-electron chi connectivity index (χ4n) is 3.22. The van der Waals surface area contributed by atoms with E-state index in [4.69, 9.17) is 0 Å². The van der Waals surface area contributed by atoms with Gasteiger partial charge in [-0.05, 0) is 25.9 Å². The predicted molar refractivity (Wildman–Crippen MR) is 68.2 cm³/mol. The molecule has 0 spiro atoms. The number of halogens is 3. The van der Waals surface area contributed by atoms with Crippen LogP contribution < -0.4 is 5.32 Å². The molecule has 0 aromatic carbocycles. The Morgan fingerprint density at radius 1 is 1.40 bits per heavy atom. The molecule has 1 fully saturated rings. The molecule has 1 N–H and O–H groups in total. The quantitative estimate of drug-likeness (QED) is 0.895. The first-order valence-corrected chi connectivity index (χ1v) is 7.00. The van der Waals surface area contributed by atoms with E-state index in [9.17, 15) is 13.2 Å². The van der Waals surface area contributed by atoms with Crippen LogP contribution in [0.25, 0.3) is 0 Å². The van der Waals surface area contributed by atoms with Crippen LogP contribution in [0.1, 0.15) is 23.6 Å². The zero-order valence-electron chi connectivity index (χ0n) is 11.5. The molecule has 2 aliphatic heterocycles. The molecule has 0 bridgehead atoms. The molecule has 4 nitrogen and oxygen atoms in total. The molecule has 1 unspecified atom stereocenters. The van der Waals surface area contributed by atoms with Crippen LogP contribution in [-0.2, 0) is 25.7 Å². The Balaban J connectivity index is 1.92. The van der Waals surface area contributed by atoms with Crippen LogP contribution in [0.4, 0.5) is 13.2 Å². The van der Waals surface area contributed by atoms with Crippen molar-refractivity contribution in [2.75, 3.05) is 26.7 Å². The van der Waals surface area contributed by atoms with Gasteiger partial charge in [0.1, 0.15) is 0 Å². The van der Waals surface area contributed by atoms with E-state index in [-0.39, 0.29) is 5.92 Å². The van der Waals surface area contributed by atoms with Gasteiger partial charge >= 0.3 is 6.18 Å². The van der Waals surface area contributed by atoms with E-state index < -0.39 is 12.0 Å². The Morgan fingerprint density at radius 3 is 2.85 bits per heavy atom. The Kier molecular flexibility index (Phi) is 3.50. The summed E-state index contributed by atoms with van der Waals surface area (Å²) >= 11 is 0. The average Bonchev–Trinajstić information content (AvgIpc) is 2.94. The van der Waals surface area contributed by atoms with Crippen molar-refractivity contribution in [3.05, 3.63) is 17.2 Å². The van der Waals surface area contributed by atoms with Crippen LogP contribution >= 0.6 is 0 Å². The maximum absolute atomic E-state index is 13.2. The molecule has 1 atom stereocenters. The number of hydrogen-bond donors (Lipinski definition) is 1. The standard InChI is InChI=1S/C13H19F3N4/c1-19-5-3-9(7-19)8-20-11-2-4-17-6-10(11)18-12(20)13(14,15)16/h9,17H,2-8H2,1H3. The Labute approximate surface area is 116 Å². The molecule has 0 radical (unpaired) electrons. The van der Waals surface area contributed by atoms with Gasteiger partial charge in [0.25, 0.3) is 0 Å². The second kappa shape index (κ2) is 5.04. The van der Waals surface area contributed by atoms with E-state index in [0.717, 1.165) is 31.7 Å². The molecule has 0 aliphatic carbocycles. The average molecular weight is 288 g/mol. The first-order chi connectivity index (χ1) is 9.45. The summed E-state index contributed by atoms with van der Waals surface area (Å²) in [5.41, 5.74) is 1.33. The summed E-state index contributed by atoms with van der Waals surface area (Å²) in [5, 5.41) is 3.08. The Hall–Kier alpha value is -1.08. The van der Waals surface area contributed by atoms with Crippen molar-refractivity contribution in [3.8, 4) is 0 Å². The summed E-state index contributed by atoms with van der Waals surface area (Å²) in [6.07, 6.45) is -2.79. The zero-order valence-corrected chi connectivity index (χ0v) is 11.5. The van der Waals surface area contributed by atoms with Gasteiger partial charge in [0.15, 0.2) is 0 Å². The molecular weight excluding hydrogens is 269 g/mol. The summed E-state index contributed by atoms with van der Waals surface area (Å²) in [7, 11) is 2.01. The first kappa shape index (κ1) is 13.9. The fourth-order valence-corrected chi connectivity index (χ4v) is 3.22. The number of aromatic nitrogens is 2. The third kappa shape index (κ3) is 2.56. The number of nitrogens with one attached hydrogen (secondary N) is 1. The molecule has 3 rings (SSSR count). The molecular formula is C13H19F3N4. The highest BCUT2D eigenvalue weighted by atomic mass is 19.4. The van der Waals surface area contributed by atoms with E-state index in [0.29, 0.717) is 25.2 Å². The lowest BCUT2D eigenvalue weighted by Crippen LogP contribution is -2.27. The van der Waals surface area contributed by atoms with E-state index >= 15 is 0 Å². The number of likely N-dealkylation sites (tertiary alicyclic amines) is 1. The van der Waals surface area contributed by atoms with Gasteiger partial charge in [-0.3, -0.25) is 0 Å². The van der Waals surface area contributed by atoms with Crippen LogP contribution in [0.15, 0.2) is 0 Å². The summed E-state index contributed by atoms with van der Waals surface area (Å²) in [5.74, 6) is -0.435. The lowest BCUT2D eigenvalue weighted by molar-refractivity contribution is -0.147. The SMILES string of the molecule is CN1CCC(Cn2c(C(F)(F)F)nc3c2CCNC3)C1. The minimum atomic E-state index is -4.37. The van der Waals surface area contributed by atoms with Crippen molar-refractivity contribution in [2.45, 2.75) is 32.1 Å². The number of imidazole rings is 1. The predicted octanol–water partition coefficient (Wildman–Crippen LogP) is 1.50. The molecule has 1 aromatic rings. The smallest absolute Gasteiger partial charge is 0.324 e. The third-order valence-electron chi connectivity index (χ3n) is 4.17. The monoisotopic (exact) mass is 288 g/mol. The topological polar surface area (TPSA) is 33.1 Å². The number of rotatable bonds is 2. The van der Waals surface area contributed by atoms with Crippen molar-refractivity contribution in [1.82, 2.24) is 19.8 Å². The Morgan fingerprint density at radius 2 is 2.20 bits per heavy atom. The first-order valence-electron chi connectivity index (χ1n) is 7.00. The van der Waals surface area contributed by atoms with Gasteiger partial charge < -0.3 is 14.8 Å². The summed E-state index contributed by atoms with van der Waals surface area (Å²) in [6, 6.07) is 0. The number of alkyl halides is 3. The van der Waals surface area contributed by atoms with Crippen LogP contribution in [0, 0.1) is 5.92 Å². The van der Waals surface area contributed by atoms with Gasteiger partial charge in [0.2, 0.25) is 5.82 Å². The molecule has 20 heavy (non-hydrogen) atoms. The molecule has 112 valence electrons. The molecule has 0 amide bonds. The van der Waals surface area contributed by atoms with Gasteiger partial charge in [-0.15, -0.1) is 0 Å². The van der Waals surface area contributed by atoms with E-state index in [1.165, 1.54) is 4.57 Å². The van der Waals surface area contributed by atoms with E-state index in [2.05, 4.69) is 15.2 Å². The number of nitrogens with zero attached hydrogens (tertiary/aromatic N) is 3. The van der Waals surface area contributed by atoms with Gasteiger partial charge in [-0.2, -0.15) is 13.2 Å². The lowest BCUT2D eigenvalue weighted by Gasteiger charge is -2.19. The molecule has 3 heterocycles. The van der Waals surface area contributed by atoms with Crippen molar-refractivity contribution in [1.29, 1.82) is 0 Å². The third-order valence-corrected chi connectivity index (χ3v) is 4.17. The largest absolute Gasteiger partial charge is 0.449 e. The maximum atomic E-state index is 13.2. The van der Waals surface area contributed by atoms with Crippen LogP contribution in [0.5, 0.6) is 0 Å². The molecule has 0 saturated carbocycles. The summed E-state index contributed by atoms with van der Waals surface area (Å²) < 4.78 is 40.9. The molecule has 2 aliphatic rings. The molecule has 1 aromatic heterocycles.